The number of unbranched alkanes of at least 4 members (excludes halogenated alkanes) is 1. The van der Waals surface area contributed by atoms with Crippen LogP contribution in [0.5, 0.6) is 0 Å². The maximum Gasteiger partial charge on any atom is 0.224 e. The van der Waals surface area contributed by atoms with Gasteiger partial charge in [0, 0.05) is 41.2 Å². The van der Waals surface area contributed by atoms with Crippen LogP contribution in [0.15, 0.2) is 108 Å². The number of ether oxygens (including phenoxy) is 2. The molecule has 1 heterocycles. The van der Waals surface area contributed by atoms with Crippen molar-refractivity contribution in [2.75, 3.05) is 22.1 Å². The number of hydrogen-bond acceptors (Lipinski definition) is 7. The minimum Gasteiger partial charge on any atom is -0.397 e. The second-order valence-electron chi connectivity index (χ2n) is 11.0. The molecule has 45 heavy (non-hydrogen) atoms. The van der Waals surface area contributed by atoms with Crippen LogP contribution in [0.1, 0.15) is 61.2 Å². The Kier molecular flexibility index (Phi) is 11.6. The van der Waals surface area contributed by atoms with Gasteiger partial charge in [-0.05, 0) is 60.4 Å². The second kappa shape index (κ2) is 16.2. The van der Waals surface area contributed by atoms with Crippen molar-refractivity contribution in [3.05, 3.63) is 120 Å². The normalized spacial score (nSPS) is 17.8. The fourth-order valence-corrected chi connectivity index (χ4v) is 6.01. The lowest BCUT2D eigenvalue weighted by Gasteiger charge is -2.36. The van der Waals surface area contributed by atoms with Crippen molar-refractivity contribution in [2.24, 2.45) is 0 Å². The van der Waals surface area contributed by atoms with E-state index in [1.165, 1.54) is 4.90 Å². The fraction of sp³-hybridized carbons (Fsp3) is 0.278. The number of thioether (sulfide) groups is 1. The molecule has 8 nitrogen and oxygen atoms in total. The van der Waals surface area contributed by atoms with Gasteiger partial charge in [0.05, 0.1) is 30.2 Å². The van der Waals surface area contributed by atoms with Gasteiger partial charge in [-0.2, -0.15) is 0 Å². The van der Waals surface area contributed by atoms with Crippen LogP contribution in [0.3, 0.4) is 0 Å². The van der Waals surface area contributed by atoms with Crippen LogP contribution < -0.4 is 16.4 Å². The lowest BCUT2D eigenvalue weighted by atomic mass is 10.0. The Morgan fingerprint density at radius 3 is 2.11 bits per heavy atom. The van der Waals surface area contributed by atoms with Crippen molar-refractivity contribution in [2.45, 2.75) is 62.1 Å². The number of nitrogen functional groups attached to an aromatic ring is 1. The topological polar surface area (TPSA) is 123 Å². The molecule has 0 radical (unpaired) electrons. The van der Waals surface area contributed by atoms with Crippen LogP contribution in [-0.4, -0.2) is 28.8 Å². The minimum atomic E-state index is -0.565. The molecular formula is C36H39N3O5S. The average molecular weight is 626 g/mol. The first-order valence-electron chi connectivity index (χ1n) is 15.2. The van der Waals surface area contributed by atoms with Crippen molar-refractivity contribution in [3.8, 4) is 0 Å². The summed E-state index contributed by atoms with van der Waals surface area (Å²) in [7, 11) is 0. The highest BCUT2D eigenvalue weighted by Crippen LogP contribution is 2.39. The summed E-state index contributed by atoms with van der Waals surface area (Å²) < 4.78 is 12.9. The predicted octanol–water partition coefficient (Wildman–Crippen LogP) is 7.24. The van der Waals surface area contributed by atoms with Crippen LogP contribution >= 0.6 is 11.8 Å². The van der Waals surface area contributed by atoms with Crippen molar-refractivity contribution >= 4 is 40.6 Å². The van der Waals surface area contributed by atoms with E-state index in [9.17, 15) is 14.7 Å². The highest BCUT2D eigenvalue weighted by molar-refractivity contribution is 7.99. The number of carbonyl (C=O) groups is 2. The molecular weight excluding hydrogens is 586 g/mol. The molecule has 1 fully saturated rings. The van der Waals surface area contributed by atoms with Crippen LogP contribution in [0.4, 0.5) is 17.1 Å². The van der Waals surface area contributed by atoms with E-state index < -0.39 is 6.29 Å². The summed E-state index contributed by atoms with van der Waals surface area (Å²) in [6.45, 7) is -0.00138. The number of amides is 2. The molecule has 1 aliphatic heterocycles. The molecule has 9 heteroatoms. The maximum absolute atomic E-state index is 12.6. The quantitative estimate of drug-likeness (QED) is 0.0702. The number of nitrogens with one attached hydrogen (secondary N) is 2. The number of carbonyl (C=O) groups excluding carboxylic acids is 2. The Morgan fingerprint density at radius 2 is 1.42 bits per heavy atom. The molecule has 0 saturated carbocycles. The monoisotopic (exact) mass is 625 g/mol. The van der Waals surface area contributed by atoms with Gasteiger partial charge in [-0.3, -0.25) is 9.59 Å². The van der Waals surface area contributed by atoms with Crippen LogP contribution in [0.25, 0.3) is 0 Å². The number of nitrogens with two attached hydrogens (primary N) is 1. The lowest BCUT2D eigenvalue weighted by molar-refractivity contribution is -0.245. The zero-order valence-corrected chi connectivity index (χ0v) is 25.9. The number of rotatable bonds is 13. The van der Waals surface area contributed by atoms with E-state index in [-0.39, 0.29) is 30.6 Å². The Morgan fingerprint density at radius 1 is 0.778 bits per heavy atom. The first-order valence-corrected chi connectivity index (χ1v) is 16.2. The number of para-hydroxylation sites is 2. The third-order valence-electron chi connectivity index (χ3n) is 7.55. The number of anilines is 3. The van der Waals surface area contributed by atoms with Crippen LogP contribution in [0, 0.1) is 0 Å². The molecule has 0 spiro atoms. The maximum atomic E-state index is 12.6. The van der Waals surface area contributed by atoms with Crippen molar-refractivity contribution in [1.29, 1.82) is 0 Å². The summed E-state index contributed by atoms with van der Waals surface area (Å²) in [4.78, 5) is 26.0. The number of hydrogen-bond donors (Lipinski definition) is 4. The fourth-order valence-electron chi connectivity index (χ4n) is 5.07. The van der Waals surface area contributed by atoms with E-state index in [0.29, 0.717) is 49.2 Å². The predicted molar refractivity (Wildman–Crippen MR) is 179 cm³/mol. The third-order valence-corrected chi connectivity index (χ3v) is 8.70. The van der Waals surface area contributed by atoms with E-state index in [1.807, 2.05) is 78.9 Å². The molecule has 0 bridgehead atoms. The van der Waals surface area contributed by atoms with Gasteiger partial charge in [-0.1, -0.05) is 66.7 Å². The zero-order chi connectivity index (χ0) is 31.4. The summed E-state index contributed by atoms with van der Waals surface area (Å²) in [5.41, 5.74) is 10.4. The SMILES string of the molecule is Nc1ccccc1NC(=O)CCCCC(=O)Nc1ccc([C@@H]2O[C@H](CSc3ccccc3)C[C@H](c3ccc(CO)cc3)O2)cc1. The van der Waals surface area contributed by atoms with Gasteiger partial charge in [0.1, 0.15) is 0 Å². The number of aliphatic hydroxyl groups excluding tert-OH is 1. The van der Waals surface area contributed by atoms with Crippen molar-refractivity contribution in [1.82, 2.24) is 0 Å². The zero-order valence-electron chi connectivity index (χ0n) is 25.1. The summed E-state index contributed by atoms with van der Waals surface area (Å²) in [5.74, 6) is 0.553. The highest BCUT2D eigenvalue weighted by Gasteiger charge is 2.32. The largest absolute Gasteiger partial charge is 0.397 e. The summed E-state index contributed by atoms with van der Waals surface area (Å²) >= 11 is 1.76. The van der Waals surface area contributed by atoms with E-state index in [1.54, 1.807) is 23.9 Å². The number of benzene rings is 4. The molecule has 1 saturated heterocycles. The molecule has 234 valence electrons. The van der Waals surface area contributed by atoms with Crippen molar-refractivity contribution < 1.29 is 24.2 Å². The van der Waals surface area contributed by atoms with Gasteiger partial charge < -0.3 is 30.9 Å². The molecule has 4 aromatic carbocycles. The van der Waals surface area contributed by atoms with Gasteiger partial charge >= 0.3 is 0 Å². The number of aliphatic hydroxyl groups is 1. The van der Waals surface area contributed by atoms with E-state index >= 15 is 0 Å². The summed E-state index contributed by atoms with van der Waals surface area (Å²) in [6, 6.07) is 32.8. The van der Waals surface area contributed by atoms with Gasteiger partial charge in [-0.25, -0.2) is 0 Å². The van der Waals surface area contributed by atoms with Crippen LogP contribution in [-0.2, 0) is 25.7 Å². The van der Waals surface area contributed by atoms with Gasteiger partial charge in [0.25, 0.3) is 0 Å². The second-order valence-corrected chi connectivity index (χ2v) is 12.1. The van der Waals surface area contributed by atoms with E-state index in [4.69, 9.17) is 15.2 Å². The summed E-state index contributed by atoms with van der Waals surface area (Å²) in [5, 5.41) is 15.2. The summed E-state index contributed by atoms with van der Waals surface area (Å²) in [6.07, 6.45) is 1.76. The molecule has 0 aromatic heterocycles. The molecule has 4 aromatic rings. The molecule has 0 aliphatic carbocycles. The lowest BCUT2D eigenvalue weighted by Crippen LogP contribution is -2.31. The Bertz CT molecular complexity index is 1530. The first-order chi connectivity index (χ1) is 22.0. The van der Waals surface area contributed by atoms with Crippen LogP contribution in [0.2, 0.25) is 0 Å². The van der Waals surface area contributed by atoms with Crippen molar-refractivity contribution in [3.63, 3.8) is 0 Å². The minimum absolute atomic E-state index is 0.00138. The van der Waals surface area contributed by atoms with E-state index in [0.717, 1.165) is 22.4 Å². The van der Waals surface area contributed by atoms with E-state index in [2.05, 4.69) is 22.8 Å². The standard InChI is InChI=1S/C36H39N3O5S/c37-31-10-4-5-11-32(31)39-35(42)13-7-6-12-34(41)38-28-20-18-27(19-21-28)36-43-29(24-45-30-8-2-1-3-9-30)22-33(44-36)26-16-14-25(23-40)15-17-26/h1-5,8-11,14-21,29,33,36,40H,6-7,12-13,22-24,37H2,(H,38,41)(H,39,42)/t29-,33+,36+/m0/s1. The Balaban J connectivity index is 1.13. The first kappa shape index (κ1) is 32.2. The molecule has 5 rings (SSSR count). The van der Waals surface area contributed by atoms with Gasteiger partial charge in [-0.15, -0.1) is 11.8 Å². The Hall–Kier alpha value is -4.15. The highest BCUT2D eigenvalue weighted by atomic mass is 32.2. The molecule has 3 atom stereocenters. The molecule has 1 aliphatic rings. The van der Waals surface area contributed by atoms with Gasteiger partial charge in [0.15, 0.2) is 6.29 Å². The Labute approximate surface area is 268 Å². The molecule has 2 amide bonds. The molecule has 5 N–H and O–H groups in total. The molecule has 0 unspecified atom stereocenters. The smallest absolute Gasteiger partial charge is 0.224 e. The van der Waals surface area contributed by atoms with Gasteiger partial charge in [0.2, 0.25) is 11.8 Å². The third kappa shape index (κ3) is 9.67. The average Bonchev–Trinajstić information content (AvgIpc) is 3.07.